The first-order chi connectivity index (χ1) is 13.1. The molecule has 0 radical (unpaired) electrons. The van der Waals surface area contributed by atoms with Crippen molar-refractivity contribution >= 4 is 12.0 Å². The minimum atomic E-state index is -2.89. The molecule has 0 spiro atoms. The SMILES string of the molecule is C=Cc1cccc([C@@]2(C)N=C(N)N(C)C(=C)[C@@H]2c2ccc(C(C)(F)F)cc2)c1. The highest BCUT2D eigenvalue weighted by Crippen LogP contribution is 2.48. The zero-order chi connectivity index (χ0) is 20.7. The zero-order valence-corrected chi connectivity index (χ0v) is 16.4. The number of guanidine groups is 1. The fraction of sp³-hybridized carbons (Fsp3) is 0.261. The van der Waals surface area contributed by atoms with Crippen LogP contribution in [0.15, 0.2) is 72.4 Å². The molecule has 5 heteroatoms. The minimum absolute atomic E-state index is 0.0237. The van der Waals surface area contributed by atoms with E-state index in [1.54, 1.807) is 23.1 Å². The smallest absolute Gasteiger partial charge is 0.270 e. The lowest BCUT2D eigenvalue weighted by Crippen LogP contribution is -2.47. The summed E-state index contributed by atoms with van der Waals surface area (Å²) in [5.74, 6) is -2.78. The molecule has 2 N–H and O–H groups in total. The van der Waals surface area contributed by atoms with Crippen molar-refractivity contribution in [2.24, 2.45) is 10.7 Å². The van der Waals surface area contributed by atoms with Crippen LogP contribution in [-0.2, 0) is 11.5 Å². The zero-order valence-electron chi connectivity index (χ0n) is 16.4. The Kier molecular flexibility index (Phi) is 4.88. The monoisotopic (exact) mass is 381 g/mol. The molecule has 2 atom stereocenters. The van der Waals surface area contributed by atoms with E-state index >= 15 is 0 Å². The molecule has 0 saturated carbocycles. The van der Waals surface area contributed by atoms with Gasteiger partial charge >= 0.3 is 0 Å². The standard InChI is InChI=1S/C23H25F2N3/c1-6-16-8-7-9-19(14-16)22(3)20(15(2)28(5)21(26)27-22)17-10-12-18(13-11-17)23(4,24)25/h6-14,20H,1-2H2,3-5H3,(H2,26,27)/t20-,22-/m1/s1. The van der Waals surface area contributed by atoms with Crippen LogP contribution in [0.25, 0.3) is 6.08 Å². The van der Waals surface area contributed by atoms with Crippen molar-refractivity contribution in [3.63, 3.8) is 0 Å². The predicted octanol–water partition coefficient (Wildman–Crippen LogP) is 5.21. The van der Waals surface area contributed by atoms with Gasteiger partial charge < -0.3 is 10.6 Å². The van der Waals surface area contributed by atoms with E-state index in [0.717, 1.165) is 29.3 Å². The molecule has 2 aromatic carbocycles. The summed E-state index contributed by atoms with van der Waals surface area (Å²) in [4.78, 5) is 6.54. The molecule has 3 nitrogen and oxygen atoms in total. The van der Waals surface area contributed by atoms with E-state index in [4.69, 9.17) is 10.7 Å². The van der Waals surface area contributed by atoms with Gasteiger partial charge in [-0.15, -0.1) is 0 Å². The maximum atomic E-state index is 13.6. The highest BCUT2D eigenvalue weighted by Gasteiger charge is 2.44. The Morgan fingerprint density at radius 1 is 1.21 bits per heavy atom. The summed E-state index contributed by atoms with van der Waals surface area (Å²) in [5.41, 5.74) is 8.95. The molecule has 0 bridgehead atoms. The van der Waals surface area contributed by atoms with E-state index in [2.05, 4.69) is 13.2 Å². The maximum Gasteiger partial charge on any atom is 0.270 e. The number of nitrogens with zero attached hydrogens (tertiary/aromatic N) is 2. The van der Waals surface area contributed by atoms with Crippen molar-refractivity contribution in [2.45, 2.75) is 31.2 Å². The molecule has 1 aliphatic heterocycles. The third kappa shape index (κ3) is 3.33. The fourth-order valence-corrected chi connectivity index (χ4v) is 3.74. The topological polar surface area (TPSA) is 41.6 Å². The number of hydrogen-bond acceptors (Lipinski definition) is 3. The Labute approximate surface area is 164 Å². The Morgan fingerprint density at radius 2 is 1.86 bits per heavy atom. The van der Waals surface area contributed by atoms with Crippen molar-refractivity contribution in [1.82, 2.24) is 4.90 Å². The number of benzene rings is 2. The Hall–Kier alpha value is -2.95. The highest BCUT2D eigenvalue weighted by molar-refractivity contribution is 5.82. The van der Waals surface area contributed by atoms with Crippen LogP contribution in [-0.4, -0.2) is 17.9 Å². The number of likely N-dealkylation sites (N-methyl/N-ethyl adjacent to an activating group) is 1. The summed E-state index contributed by atoms with van der Waals surface area (Å²) < 4.78 is 27.3. The molecule has 2 aromatic rings. The predicted molar refractivity (Wildman–Crippen MR) is 111 cm³/mol. The third-order valence-corrected chi connectivity index (χ3v) is 5.47. The number of aliphatic imine (C=N–C) groups is 1. The molecular formula is C23H25F2N3. The van der Waals surface area contributed by atoms with Crippen molar-refractivity contribution in [1.29, 1.82) is 0 Å². The van der Waals surface area contributed by atoms with Crippen molar-refractivity contribution in [3.05, 3.63) is 89.6 Å². The van der Waals surface area contributed by atoms with Gasteiger partial charge in [-0.05, 0) is 29.7 Å². The molecule has 0 aliphatic carbocycles. The molecule has 0 aromatic heterocycles. The van der Waals surface area contributed by atoms with E-state index < -0.39 is 11.5 Å². The van der Waals surface area contributed by atoms with Crippen LogP contribution in [0.3, 0.4) is 0 Å². The Morgan fingerprint density at radius 3 is 2.43 bits per heavy atom. The first-order valence-corrected chi connectivity index (χ1v) is 9.07. The van der Waals surface area contributed by atoms with E-state index in [1.165, 1.54) is 12.1 Å². The van der Waals surface area contributed by atoms with Gasteiger partial charge in [0.1, 0.15) is 0 Å². The molecule has 1 heterocycles. The molecule has 3 rings (SSSR count). The second-order valence-electron chi connectivity index (χ2n) is 7.44. The molecule has 146 valence electrons. The van der Waals surface area contributed by atoms with Crippen LogP contribution in [0, 0.1) is 0 Å². The van der Waals surface area contributed by atoms with Crippen LogP contribution >= 0.6 is 0 Å². The van der Waals surface area contributed by atoms with E-state index in [-0.39, 0.29) is 11.5 Å². The molecule has 0 fully saturated rings. The van der Waals surface area contributed by atoms with Gasteiger partial charge in [-0.1, -0.05) is 61.7 Å². The quantitative estimate of drug-likeness (QED) is 0.789. The minimum Gasteiger partial charge on any atom is -0.370 e. The van der Waals surface area contributed by atoms with Gasteiger partial charge in [0, 0.05) is 25.2 Å². The summed E-state index contributed by atoms with van der Waals surface area (Å²) in [5, 5.41) is 0. The number of alkyl halides is 2. The second-order valence-corrected chi connectivity index (χ2v) is 7.44. The summed E-state index contributed by atoms with van der Waals surface area (Å²) in [6, 6.07) is 14.3. The van der Waals surface area contributed by atoms with Crippen molar-refractivity contribution < 1.29 is 8.78 Å². The molecule has 0 saturated heterocycles. The second kappa shape index (κ2) is 6.89. The molecule has 0 unspecified atom stereocenters. The lowest BCUT2D eigenvalue weighted by Gasteiger charge is -2.44. The van der Waals surface area contributed by atoms with Crippen LogP contribution in [0.1, 0.15) is 42.0 Å². The summed E-state index contributed by atoms with van der Waals surface area (Å²) in [6.45, 7) is 11.0. The molecule has 1 aliphatic rings. The largest absolute Gasteiger partial charge is 0.370 e. The van der Waals surface area contributed by atoms with Gasteiger partial charge in [-0.2, -0.15) is 0 Å². The molecule has 0 amide bonds. The first kappa shape index (κ1) is 19.8. The van der Waals surface area contributed by atoms with Gasteiger partial charge in [0.2, 0.25) is 0 Å². The van der Waals surface area contributed by atoms with E-state index in [0.29, 0.717) is 5.96 Å². The van der Waals surface area contributed by atoms with Gasteiger partial charge in [0.25, 0.3) is 5.92 Å². The van der Waals surface area contributed by atoms with Crippen molar-refractivity contribution in [2.75, 3.05) is 7.05 Å². The summed E-state index contributed by atoms with van der Waals surface area (Å²) in [6.07, 6.45) is 1.77. The lowest BCUT2D eigenvalue weighted by molar-refractivity contribution is 0.0174. The number of hydrogen-bond donors (Lipinski definition) is 1. The Bertz CT molecular complexity index is 941. The van der Waals surface area contributed by atoms with Crippen molar-refractivity contribution in [3.8, 4) is 0 Å². The summed E-state index contributed by atoms with van der Waals surface area (Å²) >= 11 is 0. The number of halogens is 2. The molecular weight excluding hydrogens is 356 g/mol. The average molecular weight is 381 g/mol. The maximum absolute atomic E-state index is 13.6. The van der Waals surface area contributed by atoms with Gasteiger partial charge in [0.15, 0.2) is 5.96 Å². The van der Waals surface area contributed by atoms with Gasteiger partial charge in [0.05, 0.1) is 11.5 Å². The fourth-order valence-electron chi connectivity index (χ4n) is 3.74. The van der Waals surface area contributed by atoms with Crippen LogP contribution in [0.4, 0.5) is 8.78 Å². The van der Waals surface area contributed by atoms with Crippen LogP contribution < -0.4 is 5.73 Å². The summed E-state index contributed by atoms with van der Waals surface area (Å²) in [7, 11) is 1.81. The number of rotatable bonds is 4. The third-order valence-electron chi connectivity index (χ3n) is 5.47. The molecule has 28 heavy (non-hydrogen) atoms. The van der Waals surface area contributed by atoms with E-state index in [9.17, 15) is 8.78 Å². The van der Waals surface area contributed by atoms with Gasteiger partial charge in [-0.25, -0.2) is 13.8 Å². The first-order valence-electron chi connectivity index (χ1n) is 9.07. The van der Waals surface area contributed by atoms with Crippen LogP contribution in [0.2, 0.25) is 0 Å². The number of nitrogens with two attached hydrogens (primary N) is 1. The van der Waals surface area contributed by atoms with Crippen LogP contribution in [0.5, 0.6) is 0 Å². The van der Waals surface area contributed by atoms with E-state index in [1.807, 2.05) is 38.2 Å². The van der Waals surface area contributed by atoms with Gasteiger partial charge in [-0.3, -0.25) is 0 Å². The Balaban J connectivity index is 2.17. The average Bonchev–Trinajstić information content (AvgIpc) is 2.66. The lowest BCUT2D eigenvalue weighted by atomic mass is 9.73. The highest BCUT2D eigenvalue weighted by atomic mass is 19.3. The normalized spacial score (nSPS) is 22.8.